The molecule has 3 heterocycles. The van der Waals surface area contributed by atoms with E-state index in [0.717, 1.165) is 12.8 Å². The first-order valence-electron chi connectivity index (χ1n) is 10.7. The highest BCUT2D eigenvalue weighted by molar-refractivity contribution is 6.02. The minimum Gasteiger partial charge on any atom is -0.444 e. The largest absolute Gasteiger partial charge is 0.444 e. The molecule has 10 heteroatoms. The summed E-state index contributed by atoms with van der Waals surface area (Å²) in [5, 5.41) is 3.37. The minimum absolute atomic E-state index is 0.0853. The lowest BCUT2D eigenvalue weighted by Crippen LogP contribution is -2.42. The summed E-state index contributed by atoms with van der Waals surface area (Å²) < 4.78 is 7.56. The van der Waals surface area contributed by atoms with E-state index >= 15 is 0 Å². The molecule has 0 saturated carbocycles. The number of amides is 2. The summed E-state index contributed by atoms with van der Waals surface area (Å²) >= 11 is 0. The number of fused-ring (bicyclic) bond motifs is 1. The number of carbonyl (C=O) groups is 2. The number of aromatic nitrogens is 4. The molecule has 1 aliphatic rings. The fraction of sp³-hybridized carbons (Fsp3) is 0.667. The van der Waals surface area contributed by atoms with Crippen molar-refractivity contribution in [3.05, 3.63) is 12.0 Å². The van der Waals surface area contributed by atoms with Crippen LogP contribution in [-0.2, 0) is 4.74 Å². The number of imidazole rings is 1. The van der Waals surface area contributed by atoms with E-state index in [4.69, 9.17) is 9.72 Å². The first kappa shape index (κ1) is 22.8. The predicted octanol–water partition coefficient (Wildman–Crippen LogP) is 2.92. The average Bonchev–Trinajstić information content (AvgIpc) is 3.03. The van der Waals surface area contributed by atoms with Crippen molar-refractivity contribution in [2.45, 2.75) is 65.1 Å². The SMILES string of the molecule is CC(C)Nc1nc2c(C(=O)N(C)C)ncnc2n1C1CCN(C(=O)OC(C)(C)C)CC1. The number of hydrogen-bond acceptors (Lipinski definition) is 7. The summed E-state index contributed by atoms with van der Waals surface area (Å²) in [6, 6.07) is 0.237. The second-order valence-electron chi connectivity index (χ2n) is 9.40. The zero-order valence-electron chi connectivity index (χ0n) is 19.5. The summed E-state index contributed by atoms with van der Waals surface area (Å²) in [6.45, 7) is 10.8. The van der Waals surface area contributed by atoms with Crippen LogP contribution < -0.4 is 5.32 Å². The molecule has 0 atom stereocenters. The Morgan fingerprint density at radius 1 is 1.19 bits per heavy atom. The molecule has 1 aliphatic heterocycles. The van der Waals surface area contributed by atoms with Gasteiger partial charge < -0.3 is 19.9 Å². The molecule has 10 nitrogen and oxygen atoms in total. The summed E-state index contributed by atoms with van der Waals surface area (Å²) in [7, 11) is 3.37. The molecule has 2 amide bonds. The molecule has 0 spiro atoms. The maximum atomic E-state index is 12.6. The minimum atomic E-state index is -0.519. The van der Waals surface area contributed by atoms with Gasteiger partial charge in [-0.2, -0.15) is 0 Å². The van der Waals surface area contributed by atoms with Crippen molar-refractivity contribution in [2.75, 3.05) is 32.5 Å². The lowest BCUT2D eigenvalue weighted by molar-refractivity contribution is 0.0190. The van der Waals surface area contributed by atoms with Crippen LogP contribution in [0.3, 0.4) is 0 Å². The maximum absolute atomic E-state index is 12.6. The van der Waals surface area contributed by atoms with Crippen LogP contribution in [0.2, 0.25) is 0 Å². The van der Waals surface area contributed by atoms with Gasteiger partial charge in [0.1, 0.15) is 17.4 Å². The molecule has 0 bridgehead atoms. The molecule has 2 aromatic heterocycles. The second-order valence-corrected chi connectivity index (χ2v) is 9.40. The number of carbonyl (C=O) groups excluding carboxylic acids is 2. The fourth-order valence-corrected chi connectivity index (χ4v) is 3.62. The van der Waals surface area contributed by atoms with E-state index in [0.29, 0.717) is 30.2 Å². The van der Waals surface area contributed by atoms with Gasteiger partial charge in [-0.3, -0.25) is 9.36 Å². The van der Waals surface area contributed by atoms with Gasteiger partial charge in [0.25, 0.3) is 5.91 Å². The lowest BCUT2D eigenvalue weighted by atomic mass is 10.1. The Kier molecular flexibility index (Phi) is 6.38. The van der Waals surface area contributed by atoms with Gasteiger partial charge >= 0.3 is 6.09 Å². The van der Waals surface area contributed by atoms with Crippen molar-refractivity contribution in [3.8, 4) is 0 Å². The van der Waals surface area contributed by atoms with Gasteiger partial charge in [0.2, 0.25) is 5.95 Å². The Labute approximate surface area is 183 Å². The lowest BCUT2D eigenvalue weighted by Gasteiger charge is -2.34. The Morgan fingerprint density at radius 2 is 1.84 bits per heavy atom. The van der Waals surface area contributed by atoms with Crippen LogP contribution in [0, 0.1) is 0 Å². The molecule has 0 aromatic carbocycles. The zero-order chi connectivity index (χ0) is 22.9. The van der Waals surface area contributed by atoms with Crippen LogP contribution in [0.5, 0.6) is 0 Å². The average molecular weight is 432 g/mol. The van der Waals surface area contributed by atoms with Gasteiger partial charge in [0.05, 0.1) is 0 Å². The highest BCUT2D eigenvalue weighted by Crippen LogP contribution is 2.32. The van der Waals surface area contributed by atoms with Crippen LogP contribution in [0.15, 0.2) is 6.33 Å². The second kappa shape index (κ2) is 8.68. The van der Waals surface area contributed by atoms with E-state index in [1.54, 1.807) is 19.0 Å². The van der Waals surface area contributed by atoms with Gasteiger partial charge in [-0.25, -0.2) is 19.7 Å². The van der Waals surface area contributed by atoms with E-state index in [1.807, 2.05) is 34.6 Å². The monoisotopic (exact) mass is 431 g/mol. The molecule has 1 N–H and O–H groups in total. The molecule has 1 fully saturated rings. The Bertz CT molecular complexity index is 954. The number of anilines is 1. The number of nitrogens with one attached hydrogen (secondary N) is 1. The van der Waals surface area contributed by atoms with E-state index in [2.05, 4.69) is 19.9 Å². The van der Waals surface area contributed by atoms with Crippen molar-refractivity contribution in [3.63, 3.8) is 0 Å². The Balaban J connectivity index is 1.92. The topological polar surface area (TPSA) is 105 Å². The van der Waals surface area contributed by atoms with E-state index in [9.17, 15) is 9.59 Å². The van der Waals surface area contributed by atoms with Crippen molar-refractivity contribution in [1.82, 2.24) is 29.3 Å². The maximum Gasteiger partial charge on any atom is 0.410 e. The normalized spacial score (nSPS) is 15.4. The third-order valence-electron chi connectivity index (χ3n) is 4.98. The van der Waals surface area contributed by atoms with Gasteiger partial charge in [-0.15, -0.1) is 0 Å². The molecule has 3 rings (SSSR count). The molecule has 1 saturated heterocycles. The van der Waals surface area contributed by atoms with E-state index in [-0.39, 0.29) is 29.8 Å². The number of nitrogens with zero attached hydrogens (tertiary/aromatic N) is 6. The molecule has 170 valence electrons. The third-order valence-corrected chi connectivity index (χ3v) is 4.98. The summed E-state index contributed by atoms with van der Waals surface area (Å²) in [4.78, 5) is 41.6. The molecular formula is C21H33N7O3. The Hall–Kier alpha value is -2.91. The van der Waals surface area contributed by atoms with Gasteiger partial charge in [-0.05, 0) is 47.5 Å². The molecule has 0 aliphatic carbocycles. The number of hydrogen-bond donors (Lipinski definition) is 1. The fourth-order valence-electron chi connectivity index (χ4n) is 3.62. The quantitative estimate of drug-likeness (QED) is 0.793. The van der Waals surface area contributed by atoms with Crippen LogP contribution >= 0.6 is 0 Å². The van der Waals surface area contributed by atoms with E-state index < -0.39 is 5.60 Å². The van der Waals surface area contributed by atoms with Crippen LogP contribution in [0.1, 0.15) is 64.0 Å². The van der Waals surface area contributed by atoms with Crippen LogP contribution in [0.4, 0.5) is 10.7 Å². The van der Waals surface area contributed by atoms with Gasteiger partial charge in [-0.1, -0.05) is 0 Å². The molecule has 0 radical (unpaired) electrons. The Morgan fingerprint density at radius 3 is 2.39 bits per heavy atom. The summed E-state index contributed by atoms with van der Waals surface area (Å²) in [5.41, 5.74) is 0.875. The highest BCUT2D eigenvalue weighted by Gasteiger charge is 2.31. The smallest absolute Gasteiger partial charge is 0.410 e. The van der Waals surface area contributed by atoms with Gasteiger partial charge in [0.15, 0.2) is 11.3 Å². The third kappa shape index (κ3) is 5.05. The first-order valence-corrected chi connectivity index (χ1v) is 10.7. The van der Waals surface area contributed by atoms with Crippen LogP contribution in [-0.4, -0.2) is 80.1 Å². The number of piperidine rings is 1. The molecule has 31 heavy (non-hydrogen) atoms. The van der Waals surface area contributed by atoms with Crippen LogP contribution in [0.25, 0.3) is 11.2 Å². The summed E-state index contributed by atoms with van der Waals surface area (Å²) in [5.74, 6) is 0.446. The zero-order valence-corrected chi connectivity index (χ0v) is 19.5. The van der Waals surface area contributed by atoms with Crippen molar-refractivity contribution in [1.29, 1.82) is 0 Å². The molecule has 0 unspecified atom stereocenters. The van der Waals surface area contributed by atoms with E-state index in [1.165, 1.54) is 11.2 Å². The first-order chi connectivity index (χ1) is 14.5. The highest BCUT2D eigenvalue weighted by atomic mass is 16.6. The van der Waals surface area contributed by atoms with Crippen molar-refractivity contribution >= 4 is 29.1 Å². The molecule has 2 aromatic rings. The summed E-state index contributed by atoms with van der Waals surface area (Å²) in [6.07, 6.45) is 2.59. The number of rotatable bonds is 4. The van der Waals surface area contributed by atoms with Crippen molar-refractivity contribution in [2.24, 2.45) is 0 Å². The number of ether oxygens (including phenoxy) is 1. The standard InChI is InChI=1S/C21H33N7O3/c1-13(2)24-19-25-15-16(18(29)26(6)7)22-12-23-17(15)28(19)14-8-10-27(11-9-14)20(30)31-21(3,4)5/h12-14H,8-11H2,1-7H3,(H,24,25). The van der Waals surface area contributed by atoms with Crippen molar-refractivity contribution < 1.29 is 14.3 Å². The van der Waals surface area contributed by atoms with Gasteiger partial charge in [0, 0.05) is 39.3 Å². The molecular weight excluding hydrogens is 398 g/mol. The predicted molar refractivity (Wildman–Crippen MR) is 118 cm³/mol. The number of likely N-dealkylation sites (tertiary alicyclic amines) is 1.